The lowest BCUT2D eigenvalue weighted by Crippen LogP contribution is -2.56. The van der Waals surface area contributed by atoms with Crippen molar-refractivity contribution in [3.05, 3.63) is 77.9 Å². The Hall–Kier alpha value is -8.12. The Bertz CT molecular complexity index is 2320. The highest BCUT2D eigenvalue weighted by Gasteiger charge is 2.39. The molecule has 73 heavy (non-hydrogen) atoms. The summed E-state index contributed by atoms with van der Waals surface area (Å²) in [6.07, 6.45) is -13.4. The fourth-order valence-electron chi connectivity index (χ4n) is 5.87. The number of rotatable bonds is 12. The van der Waals surface area contributed by atoms with E-state index in [2.05, 4.69) is 36.6 Å². The number of hydrogen-bond donors (Lipinski definition) is 13. The first-order valence-corrected chi connectivity index (χ1v) is 21.0. The molecule has 4 atom stereocenters. The molecule has 404 valence electrons. The average Bonchev–Trinajstić information content (AvgIpc) is 3.28. The molecule has 3 aromatic carbocycles. The summed E-state index contributed by atoms with van der Waals surface area (Å²) in [5.74, 6) is -10.5. The van der Waals surface area contributed by atoms with Gasteiger partial charge in [-0.3, -0.25) is 29.2 Å². The Labute approximate surface area is 407 Å². The highest BCUT2D eigenvalue weighted by atomic mass is 19.4. The Morgan fingerprint density at radius 3 is 1.52 bits per heavy atom. The van der Waals surface area contributed by atoms with Gasteiger partial charge in [-0.2, -0.15) is 39.5 Å². The SMILES string of the molecule is NC(N)=NCCC[C@H]1CN[C@@H](Cc2ccc3ccccc3c2)C(=O)NCC(=O)N[C@H](Cc2ccc(O)cc2)C(=O)N[C@@H](CCCN=C(N)N)C(=O)N1.O=C(O)C(F)(F)F.O=C(O)C(F)(F)F.O=C(O)C(F)(F)F. The van der Waals surface area contributed by atoms with E-state index in [4.69, 9.17) is 52.6 Å². The maximum absolute atomic E-state index is 13.9. The summed E-state index contributed by atoms with van der Waals surface area (Å²) in [7, 11) is 0. The number of aromatic hydroxyl groups is 1. The predicted molar refractivity (Wildman–Crippen MR) is 241 cm³/mol. The maximum atomic E-state index is 13.9. The molecule has 3 aromatic rings. The van der Waals surface area contributed by atoms with Crippen LogP contribution < -0.4 is 49.5 Å². The molecule has 0 radical (unpaired) electrons. The summed E-state index contributed by atoms with van der Waals surface area (Å²) in [6, 6.07) is 16.6. The van der Waals surface area contributed by atoms with Crippen molar-refractivity contribution in [3.8, 4) is 5.75 Å². The Morgan fingerprint density at radius 2 is 1.03 bits per heavy atom. The van der Waals surface area contributed by atoms with E-state index in [0.717, 1.165) is 16.3 Å². The number of carboxylic acid groups (broad SMARTS) is 3. The summed E-state index contributed by atoms with van der Waals surface area (Å²) < 4.78 is 95.2. The van der Waals surface area contributed by atoms with E-state index in [-0.39, 0.29) is 43.6 Å². The fourth-order valence-corrected chi connectivity index (χ4v) is 5.87. The van der Waals surface area contributed by atoms with E-state index >= 15 is 0 Å². The normalized spacial score (nSPS) is 17.7. The molecular weight excluding hydrogens is 1010 g/mol. The van der Waals surface area contributed by atoms with E-state index in [1.165, 1.54) is 12.1 Å². The minimum atomic E-state index is -5.08. The number of phenols is 1. The molecule has 1 aliphatic heterocycles. The molecule has 0 saturated carbocycles. The number of hydrogen-bond acceptors (Lipinski definition) is 11. The summed E-state index contributed by atoms with van der Waals surface area (Å²) in [6.45, 7) is 0.337. The first kappa shape index (κ1) is 62.9. The number of phenolic OH excluding ortho intramolecular Hbond substituents is 1. The standard InChI is InChI=1S/C36H49N11O5.3C2HF3O2/c37-35(38)41-15-3-7-26-20-43-29(19-23-9-12-24-5-1-2-6-25(24)17-23)32(50)44-21-31(49)46-30(18-22-10-13-27(48)14-11-22)34(52)47-28(33(51)45-26)8-4-16-42-36(39)40;3*3-2(4,5)1(6)7/h1-2,5-6,9-14,17,26,28-30,43,48H,3-4,7-8,15-16,18-21H2,(H,44,50)(H,45,51)(H,46,49)(H,47,52)(H4,37,38,41)(H4,39,40,42);3*(H,6,7)/t26-,28-,29-,30+;;;/m0.../s1. The van der Waals surface area contributed by atoms with Gasteiger partial charge < -0.3 is 69.9 Å². The molecule has 0 aromatic heterocycles. The molecular formula is C42H52F9N11O11. The number of carboxylic acids is 3. The van der Waals surface area contributed by atoms with Crippen LogP contribution in [0, 0.1) is 0 Å². The number of amides is 4. The molecule has 0 aliphatic carbocycles. The van der Waals surface area contributed by atoms with Crippen molar-refractivity contribution >= 4 is 64.2 Å². The number of nitrogens with two attached hydrogens (primary N) is 4. The van der Waals surface area contributed by atoms with Crippen LogP contribution in [0.2, 0.25) is 0 Å². The fraction of sp³-hybridized carbons (Fsp3) is 0.405. The molecule has 1 aliphatic rings. The zero-order valence-electron chi connectivity index (χ0n) is 38.0. The first-order valence-electron chi connectivity index (χ1n) is 21.0. The zero-order chi connectivity index (χ0) is 55.7. The molecule has 0 unspecified atom stereocenters. The van der Waals surface area contributed by atoms with Gasteiger partial charge in [-0.25, -0.2) is 14.4 Å². The lowest BCUT2D eigenvalue weighted by Gasteiger charge is -2.26. The van der Waals surface area contributed by atoms with Crippen LogP contribution in [0.4, 0.5) is 39.5 Å². The number of nitrogens with one attached hydrogen (secondary N) is 5. The number of carbonyl (C=O) groups excluding carboxylic acids is 4. The summed E-state index contributed by atoms with van der Waals surface area (Å²) in [4.78, 5) is 89.3. The van der Waals surface area contributed by atoms with Crippen molar-refractivity contribution in [1.29, 1.82) is 0 Å². The molecule has 31 heteroatoms. The molecule has 22 nitrogen and oxygen atoms in total. The number of benzene rings is 3. The number of carbonyl (C=O) groups is 7. The van der Waals surface area contributed by atoms with Crippen LogP contribution in [-0.2, 0) is 46.4 Å². The van der Waals surface area contributed by atoms with Crippen LogP contribution in [0.1, 0.15) is 36.8 Å². The highest BCUT2D eigenvalue weighted by Crippen LogP contribution is 2.18. The van der Waals surface area contributed by atoms with Gasteiger partial charge in [0.1, 0.15) is 17.8 Å². The third kappa shape index (κ3) is 26.6. The topological polar surface area (TPSA) is 389 Å². The maximum Gasteiger partial charge on any atom is 0.490 e. The largest absolute Gasteiger partial charge is 0.508 e. The number of fused-ring (bicyclic) bond motifs is 1. The lowest BCUT2D eigenvalue weighted by molar-refractivity contribution is -0.193. The third-order valence-electron chi connectivity index (χ3n) is 9.29. The first-order chi connectivity index (χ1) is 33.8. The molecule has 17 N–H and O–H groups in total. The smallest absolute Gasteiger partial charge is 0.490 e. The number of aliphatic imine (C=N–C) groups is 2. The minimum absolute atomic E-state index is 0.0410. The van der Waals surface area contributed by atoms with Crippen LogP contribution >= 0.6 is 0 Å². The van der Waals surface area contributed by atoms with Crippen molar-refractivity contribution in [3.63, 3.8) is 0 Å². The minimum Gasteiger partial charge on any atom is -0.508 e. The van der Waals surface area contributed by atoms with E-state index < -0.39 is 90.8 Å². The molecule has 0 spiro atoms. The van der Waals surface area contributed by atoms with Gasteiger partial charge in [0.25, 0.3) is 0 Å². The Balaban J connectivity index is 0.00000106. The monoisotopic (exact) mass is 1060 g/mol. The van der Waals surface area contributed by atoms with Gasteiger partial charge in [0.15, 0.2) is 11.9 Å². The number of alkyl halides is 9. The number of nitrogens with zero attached hydrogens (tertiary/aromatic N) is 2. The third-order valence-corrected chi connectivity index (χ3v) is 9.29. The zero-order valence-corrected chi connectivity index (χ0v) is 38.0. The summed E-state index contributed by atoms with van der Waals surface area (Å²) >= 11 is 0. The second kappa shape index (κ2) is 29.9. The van der Waals surface area contributed by atoms with E-state index in [9.17, 15) is 63.8 Å². The molecule has 1 heterocycles. The van der Waals surface area contributed by atoms with Crippen LogP contribution in [0.15, 0.2) is 76.7 Å². The van der Waals surface area contributed by atoms with Crippen molar-refractivity contribution in [2.45, 2.75) is 81.2 Å². The Morgan fingerprint density at radius 1 is 0.575 bits per heavy atom. The van der Waals surface area contributed by atoms with Crippen LogP contribution in [0.3, 0.4) is 0 Å². The van der Waals surface area contributed by atoms with E-state index in [1.54, 1.807) is 12.1 Å². The second-order valence-electron chi connectivity index (χ2n) is 15.1. The van der Waals surface area contributed by atoms with Gasteiger partial charge in [0, 0.05) is 32.1 Å². The number of aliphatic carboxylic acids is 3. The molecule has 0 bridgehead atoms. The van der Waals surface area contributed by atoms with Crippen molar-refractivity contribution in [2.24, 2.45) is 32.9 Å². The second-order valence-corrected chi connectivity index (χ2v) is 15.1. The average molecular weight is 1060 g/mol. The summed E-state index contributed by atoms with van der Waals surface area (Å²) in [5.41, 5.74) is 23.5. The number of halogens is 9. The van der Waals surface area contributed by atoms with E-state index in [0.29, 0.717) is 37.8 Å². The van der Waals surface area contributed by atoms with Gasteiger partial charge >= 0.3 is 36.4 Å². The lowest BCUT2D eigenvalue weighted by atomic mass is 10.0. The van der Waals surface area contributed by atoms with Crippen LogP contribution in [0.5, 0.6) is 5.75 Å². The van der Waals surface area contributed by atoms with Crippen molar-refractivity contribution in [2.75, 3.05) is 26.2 Å². The van der Waals surface area contributed by atoms with Gasteiger partial charge in [-0.1, -0.05) is 54.6 Å². The van der Waals surface area contributed by atoms with Gasteiger partial charge in [-0.15, -0.1) is 0 Å². The highest BCUT2D eigenvalue weighted by molar-refractivity contribution is 5.94. The predicted octanol–water partition coefficient (Wildman–Crippen LogP) is 0.880. The quantitative estimate of drug-likeness (QED) is 0.0518. The van der Waals surface area contributed by atoms with Crippen molar-refractivity contribution < 1.29 is 93.5 Å². The van der Waals surface area contributed by atoms with Gasteiger partial charge in [0.2, 0.25) is 23.6 Å². The molecule has 4 rings (SSSR count). The molecule has 1 saturated heterocycles. The van der Waals surface area contributed by atoms with Crippen LogP contribution in [-0.4, -0.2) is 143 Å². The molecule has 4 amide bonds. The number of guanidine groups is 2. The summed E-state index contributed by atoms with van der Waals surface area (Å²) in [5, 5.41) is 47.8. The van der Waals surface area contributed by atoms with E-state index in [1.807, 2.05) is 42.5 Å². The molecule has 1 fully saturated rings. The van der Waals surface area contributed by atoms with Crippen LogP contribution in [0.25, 0.3) is 10.8 Å². The van der Waals surface area contributed by atoms with Gasteiger partial charge in [0.05, 0.1) is 12.6 Å². The Kier molecular flexibility index (Phi) is 25.8. The van der Waals surface area contributed by atoms with Gasteiger partial charge in [-0.05, 0) is 66.1 Å². The van der Waals surface area contributed by atoms with Crippen molar-refractivity contribution in [1.82, 2.24) is 26.6 Å².